The third-order valence-electron chi connectivity index (χ3n) is 10.2. The molecule has 3 N–H and O–H groups in total. The molecule has 3 aromatic rings. The molecule has 282 valence electrons. The van der Waals surface area contributed by atoms with E-state index in [0.29, 0.717) is 17.5 Å². The zero-order valence-electron chi connectivity index (χ0n) is 33.4. The smallest absolute Gasteiger partial charge is 0.137 e. The van der Waals surface area contributed by atoms with E-state index in [9.17, 15) is 0 Å². The molecular weight excluding hydrogens is 670 g/mol. The Morgan fingerprint density at radius 2 is 1.68 bits per heavy atom. The Kier molecular flexibility index (Phi) is 16.1. The lowest BCUT2D eigenvalue weighted by molar-refractivity contribution is 0.346. The van der Waals surface area contributed by atoms with Gasteiger partial charge in [0, 0.05) is 58.6 Å². The first-order valence-electron chi connectivity index (χ1n) is 19.6. The highest BCUT2D eigenvalue weighted by Gasteiger charge is 2.24. The number of amidine groups is 1. The molecule has 1 saturated carbocycles. The number of nitrogens with zero attached hydrogens (tertiary/aromatic N) is 3. The van der Waals surface area contributed by atoms with Crippen molar-refractivity contribution in [3.63, 3.8) is 0 Å². The van der Waals surface area contributed by atoms with Crippen molar-refractivity contribution in [2.75, 3.05) is 13.1 Å². The number of halogens is 1. The van der Waals surface area contributed by atoms with Crippen molar-refractivity contribution in [2.45, 2.75) is 100.0 Å². The number of allylic oxidation sites excluding steroid dienone is 4. The fourth-order valence-corrected chi connectivity index (χ4v) is 7.05. The second-order valence-electron chi connectivity index (χ2n) is 14.6. The van der Waals surface area contributed by atoms with Crippen LogP contribution in [0.25, 0.3) is 28.0 Å². The van der Waals surface area contributed by atoms with Crippen LogP contribution in [0.1, 0.15) is 102 Å². The van der Waals surface area contributed by atoms with Crippen molar-refractivity contribution in [1.82, 2.24) is 15.2 Å². The molecule has 1 aliphatic carbocycles. The molecule has 6 rings (SSSR count). The van der Waals surface area contributed by atoms with Crippen molar-refractivity contribution in [2.24, 2.45) is 22.6 Å². The van der Waals surface area contributed by atoms with Crippen molar-refractivity contribution < 1.29 is 0 Å². The van der Waals surface area contributed by atoms with E-state index < -0.39 is 0 Å². The zero-order valence-corrected chi connectivity index (χ0v) is 34.1. The highest BCUT2D eigenvalue weighted by molar-refractivity contribution is 6.35. The van der Waals surface area contributed by atoms with Gasteiger partial charge in [-0.15, -0.1) is 6.58 Å². The summed E-state index contributed by atoms with van der Waals surface area (Å²) in [6.45, 7) is 25.5. The molecule has 1 fully saturated rings. The van der Waals surface area contributed by atoms with Gasteiger partial charge < -0.3 is 16.0 Å². The van der Waals surface area contributed by atoms with Gasteiger partial charge in [-0.1, -0.05) is 127 Å². The summed E-state index contributed by atoms with van der Waals surface area (Å²) in [4.78, 5) is 11.9. The van der Waals surface area contributed by atoms with E-state index in [1.54, 1.807) is 0 Å². The second kappa shape index (κ2) is 20.4. The van der Waals surface area contributed by atoms with E-state index in [1.165, 1.54) is 31.2 Å². The summed E-state index contributed by atoms with van der Waals surface area (Å²) in [5.41, 5.74) is 18.3. The SMILES string of the molecule is C=CCCC(C)CNCc1ccc(-c2cccc(-c3cccc(C4=CC5=NC(C)=C(CN)C(=C)N5C=C4)c3Cl)c2C)nc1CC.CC1CCC1.CCC. The van der Waals surface area contributed by atoms with Crippen LogP contribution in [0.5, 0.6) is 0 Å². The highest BCUT2D eigenvalue weighted by Crippen LogP contribution is 2.40. The Bertz CT molecular complexity index is 1860. The van der Waals surface area contributed by atoms with Crippen LogP contribution in [0.2, 0.25) is 5.02 Å². The standard InChI is InChI=1S/C39H44ClN5.C5H10.C3H8/c1-7-9-12-25(3)23-42-24-30-17-18-37(44-36(30)8-2)32-14-10-13-31(26(32)4)34-16-11-15-33(39(34)40)29-19-20-45-28(6)35(22-41)27(5)43-38(45)21-29;1-5-3-2-4-5;1-3-2/h7,10-11,13-21,25,42H,1,6,8-9,12,22-24,41H2,2-5H3;5H,2-4H2,1H3;3H2,1-2H3. The summed E-state index contributed by atoms with van der Waals surface area (Å²) in [5, 5.41) is 4.34. The van der Waals surface area contributed by atoms with Crippen LogP contribution in [0.4, 0.5) is 0 Å². The van der Waals surface area contributed by atoms with Gasteiger partial charge in [0.05, 0.1) is 10.7 Å². The summed E-state index contributed by atoms with van der Waals surface area (Å²) < 4.78 is 0. The van der Waals surface area contributed by atoms with Crippen LogP contribution in [-0.2, 0) is 13.0 Å². The van der Waals surface area contributed by atoms with E-state index in [4.69, 9.17) is 27.3 Å². The van der Waals surface area contributed by atoms with Gasteiger partial charge in [0.15, 0.2) is 0 Å². The summed E-state index contributed by atoms with van der Waals surface area (Å²) in [7, 11) is 0. The molecular formula is C47H62ClN5. The Labute approximate surface area is 325 Å². The van der Waals surface area contributed by atoms with Crippen LogP contribution >= 0.6 is 11.6 Å². The first kappa shape index (κ1) is 41.7. The molecule has 0 spiro atoms. The number of hydrogen-bond acceptors (Lipinski definition) is 5. The van der Waals surface area contributed by atoms with E-state index in [-0.39, 0.29) is 0 Å². The van der Waals surface area contributed by atoms with E-state index in [2.05, 4.69) is 121 Å². The molecule has 2 aromatic carbocycles. The predicted molar refractivity (Wildman–Crippen MR) is 231 cm³/mol. The molecule has 1 aromatic heterocycles. The molecule has 1 atom stereocenters. The molecule has 6 heteroatoms. The number of aliphatic imine (C=N–C) groups is 1. The van der Waals surface area contributed by atoms with Gasteiger partial charge in [0.2, 0.25) is 0 Å². The van der Waals surface area contributed by atoms with Crippen molar-refractivity contribution >= 4 is 23.0 Å². The maximum absolute atomic E-state index is 7.19. The number of hydrogen-bond donors (Lipinski definition) is 2. The largest absolute Gasteiger partial charge is 0.326 e. The maximum Gasteiger partial charge on any atom is 0.137 e. The molecule has 0 amide bonds. The quantitative estimate of drug-likeness (QED) is 0.182. The third-order valence-corrected chi connectivity index (χ3v) is 10.6. The van der Waals surface area contributed by atoms with Crippen molar-refractivity contribution in [3.05, 3.63) is 130 Å². The Hall–Kier alpha value is -4.03. The van der Waals surface area contributed by atoms with Crippen LogP contribution in [0.15, 0.2) is 108 Å². The van der Waals surface area contributed by atoms with Crippen LogP contribution < -0.4 is 11.1 Å². The molecule has 53 heavy (non-hydrogen) atoms. The number of aromatic nitrogens is 1. The number of pyridine rings is 1. The van der Waals surface area contributed by atoms with E-state index >= 15 is 0 Å². The van der Waals surface area contributed by atoms with Gasteiger partial charge in [-0.3, -0.25) is 4.98 Å². The lowest BCUT2D eigenvalue weighted by atomic mass is 9.88. The number of rotatable bonds is 12. The number of nitrogens with one attached hydrogen (secondary N) is 1. The maximum atomic E-state index is 7.19. The summed E-state index contributed by atoms with van der Waals surface area (Å²) >= 11 is 7.19. The Balaban J connectivity index is 0.000000702. The fourth-order valence-electron chi connectivity index (χ4n) is 6.71. The topological polar surface area (TPSA) is 66.5 Å². The van der Waals surface area contributed by atoms with Gasteiger partial charge >= 0.3 is 0 Å². The van der Waals surface area contributed by atoms with E-state index in [0.717, 1.165) is 106 Å². The second-order valence-corrected chi connectivity index (χ2v) is 15.0. The normalized spacial score (nSPS) is 15.6. The van der Waals surface area contributed by atoms with Gasteiger partial charge in [0.25, 0.3) is 0 Å². The summed E-state index contributed by atoms with van der Waals surface area (Å²) in [6.07, 6.45) is 16.9. The average Bonchev–Trinajstić information content (AvgIpc) is 3.14. The lowest BCUT2D eigenvalue weighted by Crippen LogP contribution is -2.31. The minimum Gasteiger partial charge on any atom is -0.326 e. The Morgan fingerprint density at radius 3 is 2.30 bits per heavy atom. The molecule has 0 saturated heterocycles. The fraction of sp³-hybridized carbons (Fsp3) is 0.404. The van der Waals surface area contributed by atoms with Gasteiger partial charge in [-0.05, 0) is 92.0 Å². The van der Waals surface area contributed by atoms with Crippen molar-refractivity contribution in [3.8, 4) is 22.4 Å². The van der Waals surface area contributed by atoms with E-state index in [1.807, 2.05) is 24.1 Å². The van der Waals surface area contributed by atoms with Gasteiger partial charge in [-0.2, -0.15) is 0 Å². The number of aryl methyl sites for hydroxylation is 1. The molecule has 0 radical (unpaired) electrons. The minimum atomic E-state index is 0.404. The van der Waals surface area contributed by atoms with Gasteiger partial charge in [0.1, 0.15) is 5.84 Å². The Morgan fingerprint density at radius 1 is 1.02 bits per heavy atom. The molecule has 0 bridgehead atoms. The first-order chi connectivity index (χ1) is 25.6. The number of nitrogens with two attached hydrogens (primary N) is 1. The van der Waals surface area contributed by atoms with Crippen LogP contribution in [0.3, 0.4) is 0 Å². The third kappa shape index (κ3) is 10.6. The predicted octanol–water partition coefficient (Wildman–Crippen LogP) is 12.2. The highest BCUT2D eigenvalue weighted by atomic mass is 35.5. The van der Waals surface area contributed by atoms with Crippen LogP contribution in [-0.4, -0.2) is 28.8 Å². The molecule has 1 unspecified atom stereocenters. The monoisotopic (exact) mass is 731 g/mol. The molecule has 2 aliphatic heterocycles. The average molecular weight is 733 g/mol. The summed E-state index contributed by atoms with van der Waals surface area (Å²) in [6, 6.07) is 17.0. The molecule has 5 nitrogen and oxygen atoms in total. The zero-order chi connectivity index (χ0) is 38.5. The van der Waals surface area contributed by atoms with Gasteiger partial charge in [-0.25, -0.2) is 4.99 Å². The summed E-state index contributed by atoms with van der Waals surface area (Å²) in [5.74, 6) is 2.49. The number of fused-ring (bicyclic) bond motifs is 1. The first-order valence-corrected chi connectivity index (χ1v) is 20.0. The minimum absolute atomic E-state index is 0.404. The lowest BCUT2D eigenvalue weighted by Gasteiger charge is -2.31. The van der Waals surface area contributed by atoms with Crippen LogP contribution in [0, 0.1) is 18.8 Å². The number of benzene rings is 2. The van der Waals surface area contributed by atoms with Crippen molar-refractivity contribution in [1.29, 1.82) is 0 Å². The molecule has 3 heterocycles. The molecule has 3 aliphatic rings.